The van der Waals surface area contributed by atoms with Crippen LogP contribution in [0.25, 0.3) is 0 Å². The van der Waals surface area contributed by atoms with E-state index in [1.54, 1.807) is 36.4 Å². The number of nitrogens with one attached hydrogen (secondary N) is 3. The molecule has 0 atom stereocenters. The first-order valence-electron chi connectivity index (χ1n) is 7.89. The first-order chi connectivity index (χ1) is 12.4. The van der Waals surface area contributed by atoms with Gasteiger partial charge in [-0.05, 0) is 36.8 Å². The number of hydrogen-bond donors (Lipinski definition) is 4. The zero-order valence-corrected chi connectivity index (χ0v) is 13.9. The van der Waals surface area contributed by atoms with Gasteiger partial charge in [-0.1, -0.05) is 6.07 Å². The molecule has 26 heavy (non-hydrogen) atoms. The number of nitro groups is 1. The van der Waals surface area contributed by atoms with Crippen LogP contribution in [0.15, 0.2) is 48.5 Å². The lowest BCUT2D eigenvalue weighted by molar-refractivity contribution is -0.384. The third kappa shape index (κ3) is 6.11. The molecule has 9 nitrogen and oxygen atoms in total. The Morgan fingerprint density at radius 2 is 1.65 bits per heavy atom. The fourth-order valence-electron chi connectivity index (χ4n) is 2.22. The highest BCUT2D eigenvalue weighted by atomic mass is 16.6. The second-order valence-electron chi connectivity index (χ2n) is 5.45. The molecule has 2 rings (SSSR count). The van der Waals surface area contributed by atoms with Crippen LogP contribution in [0.1, 0.15) is 12.8 Å². The van der Waals surface area contributed by atoms with E-state index in [4.69, 9.17) is 5.73 Å². The minimum atomic E-state index is -0.675. The zero-order chi connectivity index (χ0) is 18.9. The van der Waals surface area contributed by atoms with Crippen LogP contribution in [0.3, 0.4) is 0 Å². The summed E-state index contributed by atoms with van der Waals surface area (Å²) in [5.41, 5.74) is 6.89. The van der Waals surface area contributed by atoms with Crippen LogP contribution in [0, 0.1) is 10.1 Å². The van der Waals surface area contributed by atoms with Crippen molar-refractivity contribution in [3.8, 4) is 0 Å². The van der Waals surface area contributed by atoms with E-state index in [2.05, 4.69) is 16.0 Å². The summed E-state index contributed by atoms with van der Waals surface area (Å²) in [5, 5.41) is 18.9. The number of carbonyl (C=O) groups is 2. The lowest BCUT2D eigenvalue weighted by Gasteiger charge is -2.08. The van der Waals surface area contributed by atoms with Crippen molar-refractivity contribution in [2.75, 3.05) is 22.5 Å². The van der Waals surface area contributed by atoms with Crippen LogP contribution in [-0.2, 0) is 4.79 Å². The van der Waals surface area contributed by atoms with Gasteiger partial charge in [0, 0.05) is 42.2 Å². The number of carbonyl (C=O) groups excluding carboxylic acids is 2. The van der Waals surface area contributed by atoms with E-state index in [1.807, 2.05) is 0 Å². The van der Waals surface area contributed by atoms with E-state index in [9.17, 15) is 19.7 Å². The maximum atomic E-state index is 12.0. The van der Waals surface area contributed by atoms with Crippen LogP contribution in [-0.4, -0.2) is 23.4 Å². The fraction of sp³-hybridized carbons (Fsp3) is 0.176. The number of nitro benzene ring substituents is 1. The van der Waals surface area contributed by atoms with Crippen molar-refractivity contribution in [1.29, 1.82) is 0 Å². The maximum Gasteiger partial charge on any atom is 0.316 e. The van der Waals surface area contributed by atoms with E-state index in [1.165, 1.54) is 12.1 Å². The van der Waals surface area contributed by atoms with Crippen molar-refractivity contribution in [2.24, 2.45) is 5.73 Å². The Kier molecular flexibility index (Phi) is 6.49. The SMILES string of the molecule is NC(=O)Nc1cccc(NC(=O)CCCNc2ccc([N+](=O)[O-])cc2)c1. The molecule has 5 N–H and O–H groups in total. The molecule has 0 saturated carbocycles. The van der Waals surface area contributed by atoms with E-state index in [0.717, 1.165) is 5.69 Å². The summed E-state index contributed by atoms with van der Waals surface area (Å²) >= 11 is 0. The van der Waals surface area contributed by atoms with Gasteiger partial charge in [-0.15, -0.1) is 0 Å². The molecule has 0 heterocycles. The number of nitrogens with zero attached hydrogens (tertiary/aromatic N) is 1. The van der Waals surface area contributed by atoms with Crippen molar-refractivity contribution in [2.45, 2.75) is 12.8 Å². The van der Waals surface area contributed by atoms with Crippen LogP contribution in [0.5, 0.6) is 0 Å². The number of rotatable bonds is 8. The van der Waals surface area contributed by atoms with Gasteiger partial charge in [0.2, 0.25) is 5.91 Å². The van der Waals surface area contributed by atoms with Gasteiger partial charge < -0.3 is 21.7 Å². The molecular formula is C17H19N5O4. The predicted octanol–water partition coefficient (Wildman–Crippen LogP) is 2.92. The molecule has 0 saturated heterocycles. The molecule has 0 spiro atoms. The highest BCUT2D eigenvalue weighted by Crippen LogP contribution is 2.16. The van der Waals surface area contributed by atoms with Crippen LogP contribution in [0.4, 0.5) is 27.5 Å². The smallest absolute Gasteiger partial charge is 0.316 e. The van der Waals surface area contributed by atoms with Crippen molar-refractivity contribution < 1.29 is 14.5 Å². The number of benzene rings is 2. The summed E-state index contributed by atoms with van der Waals surface area (Å²) in [4.78, 5) is 32.9. The van der Waals surface area contributed by atoms with Gasteiger partial charge in [-0.3, -0.25) is 14.9 Å². The molecule has 3 amide bonds. The zero-order valence-electron chi connectivity index (χ0n) is 13.9. The monoisotopic (exact) mass is 357 g/mol. The van der Waals surface area contributed by atoms with Crippen molar-refractivity contribution >= 4 is 34.7 Å². The molecular weight excluding hydrogens is 338 g/mol. The highest BCUT2D eigenvalue weighted by Gasteiger charge is 2.05. The summed E-state index contributed by atoms with van der Waals surface area (Å²) in [6.45, 7) is 0.550. The lowest BCUT2D eigenvalue weighted by atomic mass is 10.2. The Bertz CT molecular complexity index is 792. The summed E-state index contributed by atoms with van der Waals surface area (Å²) < 4.78 is 0. The topological polar surface area (TPSA) is 139 Å². The van der Waals surface area contributed by atoms with Gasteiger partial charge in [-0.25, -0.2) is 4.79 Å². The van der Waals surface area contributed by atoms with Crippen LogP contribution < -0.4 is 21.7 Å². The molecule has 2 aromatic carbocycles. The van der Waals surface area contributed by atoms with E-state index >= 15 is 0 Å². The summed E-state index contributed by atoms with van der Waals surface area (Å²) in [6, 6.07) is 12.1. The largest absolute Gasteiger partial charge is 0.385 e. The summed E-state index contributed by atoms with van der Waals surface area (Å²) in [6.07, 6.45) is 0.884. The summed E-state index contributed by atoms with van der Waals surface area (Å²) in [5.74, 6) is -0.160. The Morgan fingerprint density at radius 1 is 1.00 bits per heavy atom. The van der Waals surface area contributed by atoms with E-state index in [0.29, 0.717) is 30.8 Å². The molecule has 0 aliphatic carbocycles. The van der Waals surface area contributed by atoms with Gasteiger partial charge in [0.1, 0.15) is 0 Å². The molecule has 0 fully saturated rings. The normalized spacial score (nSPS) is 10.0. The molecule has 0 bridgehead atoms. The molecule has 0 radical (unpaired) electrons. The average molecular weight is 357 g/mol. The first kappa shape index (κ1) is 18.7. The Labute approximate surface area is 149 Å². The third-order valence-corrected chi connectivity index (χ3v) is 3.40. The number of nitrogens with two attached hydrogens (primary N) is 1. The highest BCUT2D eigenvalue weighted by molar-refractivity contribution is 5.93. The number of hydrogen-bond acceptors (Lipinski definition) is 5. The van der Waals surface area contributed by atoms with Crippen LogP contribution in [0.2, 0.25) is 0 Å². The number of non-ortho nitro benzene ring substituents is 1. The van der Waals surface area contributed by atoms with Crippen molar-refractivity contribution in [1.82, 2.24) is 0 Å². The number of amides is 3. The Morgan fingerprint density at radius 3 is 2.27 bits per heavy atom. The van der Waals surface area contributed by atoms with E-state index in [-0.39, 0.29) is 11.6 Å². The minimum Gasteiger partial charge on any atom is -0.385 e. The molecule has 0 aliphatic rings. The molecule has 0 aliphatic heterocycles. The molecule has 2 aromatic rings. The summed E-state index contributed by atoms with van der Waals surface area (Å²) in [7, 11) is 0. The molecule has 9 heteroatoms. The van der Waals surface area contributed by atoms with Gasteiger partial charge in [0.15, 0.2) is 0 Å². The van der Waals surface area contributed by atoms with E-state index < -0.39 is 11.0 Å². The molecule has 0 aromatic heterocycles. The maximum absolute atomic E-state index is 12.0. The number of anilines is 3. The second-order valence-corrected chi connectivity index (χ2v) is 5.45. The Balaban J connectivity index is 1.73. The second kappa shape index (κ2) is 9.02. The van der Waals surface area contributed by atoms with Crippen LogP contribution >= 0.6 is 0 Å². The quantitative estimate of drug-likeness (QED) is 0.327. The van der Waals surface area contributed by atoms with Crippen molar-refractivity contribution in [3.05, 3.63) is 58.6 Å². The van der Waals surface area contributed by atoms with Gasteiger partial charge in [0.25, 0.3) is 5.69 Å². The predicted molar refractivity (Wildman–Crippen MR) is 99.1 cm³/mol. The molecule has 136 valence electrons. The minimum absolute atomic E-state index is 0.0305. The number of urea groups is 1. The Hall–Kier alpha value is -3.62. The van der Waals surface area contributed by atoms with Gasteiger partial charge in [0.05, 0.1) is 4.92 Å². The lowest BCUT2D eigenvalue weighted by Crippen LogP contribution is -2.19. The van der Waals surface area contributed by atoms with Gasteiger partial charge >= 0.3 is 6.03 Å². The molecule has 0 unspecified atom stereocenters. The average Bonchev–Trinajstić information content (AvgIpc) is 2.59. The van der Waals surface area contributed by atoms with Crippen molar-refractivity contribution in [3.63, 3.8) is 0 Å². The third-order valence-electron chi connectivity index (χ3n) is 3.40. The standard InChI is InChI=1S/C17H19N5O4/c18-17(24)21-14-4-1-3-13(11-14)20-16(23)5-2-10-19-12-6-8-15(9-7-12)22(25)26/h1,3-4,6-9,11,19H,2,5,10H2,(H,20,23)(H3,18,21,24). The van der Waals surface area contributed by atoms with Gasteiger partial charge in [-0.2, -0.15) is 0 Å². The fourth-order valence-corrected chi connectivity index (χ4v) is 2.22. The number of primary amides is 1. The first-order valence-corrected chi connectivity index (χ1v) is 7.89.